The molecule has 6 heteroatoms. The van der Waals surface area contributed by atoms with E-state index < -0.39 is 23.2 Å². The highest BCUT2D eigenvalue weighted by Crippen LogP contribution is 2.29. The van der Waals surface area contributed by atoms with Gasteiger partial charge in [0.15, 0.2) is 0 Å². The van der Waals surface area contributed by atoms with E-state index in [0.29, 0.717) is 12.3 Å². The summed E-state index contributed by atoms with van der Waals surface area (Å²) in [5, 5.41) is 2.74. The maximum atomic E-state index is 12.7. The molecule has 0 saturated carbocycles. The Morgan fingerprint density at radius 3 is 2.43 bits per heavy atom. The molecule has 0 aliphatic heterocycles. The predicted molar refractivity (Wildman–Crippen MR) is 75.8 cm³/mol. The van der Waals surface area contributed by atoms with Crippen LogP contribution in [0.1, 0.15) is 43.1 Å². The van der Waals surface area contributed by atoms with Crippen LogP contribution in [0.15, 0.2) is 24.3 Å². The van der Waals surface area contributed by atoms with Crippen LogP contribution in [-0.2, 0) is 6.18 Å². The van der Waals surface area contributed by atoms with Gasteiger partial charge in [-0.05, 0) is 37.5 Å². The summed E-state index contributed by atoms with van der Waals surface area (Å²) in [6, 6.07) is 4.37. The van der Waals surface area contributed by atoms with Gasteiger partial charge in [0.1, 0.15) is 0 Å². The molecule has 0 radical (unpaired) electrons. The number of hydrogen-bond acceptors (Lipinski definition) is 2. The molecule has 3 nitrogen and oxygen atoms in total. The predicted octanol–water partition coefficient (Wildman–Crippen LogP) is 3.20. The summed E-state index contributed by atoms with van der Waals surface area (Å²) in [5.41, 5.74) is 4.19. The number of carbonyl (C=O) groups excluding carboxylic acids is 1. The van der Waals surface area contributed by atoms with Gasteiger partial charge in [0.05, 0.1) is 5.56 Å². The summed E-state index contributed by atoms with van der Waals surface area (Å²) >= 11 is 0. The van der Waals surface area contributed by atoms with E-state index in [1.165, 1.54) is 12.1 Å². The van der Waals surface area contributed by atoms with E-state index in [2.05, 4.69) is 5.32 Å². The van der Waals surface area contributed by atoms with Crippen molar-refractivity contribution in [2.24, 2.45) is 11.7 Å². The number of carbonyl (C=O) groups is 1. The van der Waals surface area contributed by atoms with Gasteiger partial charge >= 0.3 is 6.18 Å². The third kappa shape index (κ3) is 5.04. The standard InChI is InChI=1S/C15H21F3N2O/c1-10(2)8-14(3,9-19)20-13(21)11-5-4-6-12(7-11)15(16,17)18/h4-7,10H,8-9,19H2,1-3H3,(H,20,21). The molecule has 1 amide bonds. The van der Waals surface area contributed by atoms with Crippen LogP contribution in [0, 0.1) is 5.92 Å². The fourth-order valence-corrected chi connectivity index (χ4v) is 2.27. The average Bonchev–Trinajstić information content (AvgIpc) is 2.37. The minimum atomic E-state index is -4.47. The Hall–Kier alpha value is -1.56. The lowest BCUT2D eigenvalue weighted by atomic mass is 9.90. The molecule has 21 heavy (non-hydrogen) atoms. The Labute approximate surface area is 122 Å². The molecule has 0 fully saturated rings. The van der Waals surface area contributed by atoms with Gasteiger partial charge in [0.2, 0.25) is 0 Å². The van der Waals surface area contributed by atoms with Crippen molar-refractivity contribution in [3.8, 4) is 0 Å². The summed E-state index contributed by atoms with van der Waals surface area (Å²) in [5.74, 6) is -0.241. The van der Waals surface area contributed by atoms with Crippen LogP contribution >= 0.6 is 0 Å². The molecule has 0 aliphatic carbocycles. The third-order valence-corrected chi connectivity index (χ3v) is 3.18. The van der Waals surface area contributed by atoms with Gasteiger partial charge in [0.25, 0.3) is 5.91 Å². The molecular weight excluding hydrogens is 281 g/mol. The van der Waals surface area contributed by atoms with Gasteiger partial charge < -0.3 is 11.1 Å². The Bertz CT molecular complexity index is 500. The van der Waals surface area contributed by atoms with Crippen LogP contribution in [0.3, 0.4) is 0 Å². The molecule has 0 aromatic heterocycles. The topological polar surface area (TPSA) is 55.1 Å². The number of rotatable bonds is 5. The molecule has 0 saturated heterocycles. The molecule has 0 spiro atoms. The van der Waals surface area contributed by atoms with Gasteiger partial charge in [-0.1, -0.05) is 19.9 Å². The Balaban J connectivity index is 2.94. The second kappa shape index (κ2) is 6.47. The fraction of sp³-hybridized carbons (Fsp3) is 0.533. The largest absolute Gasteiger partial charge is 0.416 e. The summed E-state index contributed by atoms with van der Waals surface area (Å²) in [6.07, 6.45) is -3.82. The van der Waals surface area contributed by atoms with Gasteiger partial charge in [-0.25, -0.2) is 0 Å². The monoisotopic (exact) mass is 302 g/mol. The minimum Gasteiger partial charge on any atom is -0.346 e. The van der Waals surface area contributed by atoms with E-state index in [4.69, 9.17) is 5.73 Å². The van der Waals surface area contributed by atoms with E-state index in [0.717, 1.165) is 12.1 Å². The summed E-state index contributed by atoms with van der Waals surface area (Å²) in [7, 11) is 0. The van der Waals surface area contributed by atoms with Crippen molar-refractivity contribution >= 4 is 5.91 Å². The summed E-state index contributed by atoms with van der Waals surface area (Å²) in [6.45, 7) is 5.99. The molecule has 1 aromatic rings. The highest BCUT2D eigenvalue weighted by molar-refractivity contribution is 5.94. The van der Waals surface area contributed by atoms with Crippen molar-refractivity contribution in [1.82, 2.24) is 5.32 Å². The Morgan fingerprint density at radius 2 is 1.95 bits per heavy atom. The molecule has 1 unspecified atom stereocenters. The first kappa shape index (κ1) is 17.5. The molecule has 118 valence electrons. The minimum absolute atomic E-state index is 0.0201. The quantitative estimate of drug-likeness (QED) is 0.877. The highest BCUT2D eigenvalue weighted by atomic mass is 19.4. The summed E-state index contributed by atoms with van der Waals surface area (Å²) in [4.78, 5) is 12.1. The molecule has 1 aromatic carbocycles. The zero-order chi connectivity index (χ0) is 16.3. The maximum Gasteiger partial charge on any atom is 0.416 e. The van der Waals surface area contributed by atoms with E-state index in [-0.39, 0.29) is 12.1 Å². The van der Waals surface area contributed by atoms with Crippen molar-refractivity contribution in [3.05, 3.63) is 35.4 Å². The van der Waals surface area contributed by atoms with E-state index in [1.807, 2.05) is 13.8 Å². The van der Waals surface area contributed by atoms with Crippen molar-refractivity contribution in [3.63, 3.8) is 0 Å². The van der Waals surface area contributed by atoms with Crippen LogP contribution in [0.5, 0.6) is 0 Å². The number of nitrogens with one attached hydrogen (secondary N) is 1. The van der Waals surface area contributed by atoms with Gasteiger partial charge in [0, 0.05) is 17.6 Å². The lowest BCUT2D eigenvalue weighted by Gasteiger charge is -2.31. The molecule has 1 rings (SSSR count). The van der Waals surface area contributed by atoms with Crippen LogP contribution in [0.25, 0.3) is 0 Å². The molecule has 1 atom stereocenters. The van der Waals surface area contributed by atoms with E-state index >= 15 is 0 Å². The lowest BCUT2D eigenvalue weighted by Crippen LogP contribution is -2.52. The van der Waals surface area contributed by atoms with Gasteiger partial charge in [-0.3, -0.25) is 4.79 Å². The lowest BCUT2D eigenvalue weighted by molar-refractivity contribution is -0.137. The highest BCUT2D eigenvalue weighted by Gasteiger charge is 2.32. The number of amides is 1. The number of nitrogens with two attached hydrogens (primary N) is 1. The molecular formula is C15H21F3N2O. The second-order valence-electron chi connectivity index (χ2n) is 5.90. The van der Waals surface area contributed by atoms with Crippen molar-refractivity contribution in [2.75, 3.05) is 6.54 Å². The molecule has 3 N–H and O–H groups in total. The number of halogens is 3. The smallest absolute Gasteiger partial charge is 0.346 e. The van der Waals surface area contributed by atoms with Crippen molar-refractivity contribution in [1.29, 1.82) is 0 Å². The molecule has 0 heterocycles. The van der Waals surface area contributed by atoms with E-state index in [1.54, 1.807) is 6.92 Å². The van der Waals surface area contributed by atoms with Crippen LogP contribution in [-0.4, -0.2) is 18.0 Å². The maximum absolute atomic E-state index is 12.7. The fourth-order valence-electron chi connectivity index (χ4n) is 2.27. The summed E-state index contributed by atoms with van der Waals surface area (Å²) < 4.78 is 38.0. The third-order valence-electron chi connectivity index (χ3n) is 3.18. The first-order valence-corrected chi connectivity index (χ1v) is 6.77. The Kier molecular flexibility index (Phi) is 5.39. The average molecular weight is 302 g/mol. The zero-order valence-corrected chi connectivity index (χ0v) is 12.4. The van der Waals surface area contributed by atoms with E-state index in [9.17, 15) is 18.0 Å². The van der Waals surface area contributed by atoms with Crippen LogP contribution in [0.4, 0.5) is 13.2 Å². The first-order valence-electron chi connectivity index (χ1n) is 6.77. The van der Waals surface area contributed by atoms with Crippen LogP contribution < -0.4 is 11.1 Å². The molecule has 0 bridgehead atoms. The first-order chi connectivity index (χ1) is 9.57. The molecule has 0 aliphatic rings. The van der Waals surface area contributed by atoms with Crippen molar-refractivity contribution in [2.45, 2.75) is 38.9 Å². The van der Waals surface area contributed by atoms with Gasteiger partial charge in [-0.2, -0.15) is 13.2 Å². The van der Waals surface area contributed by atoms with Crippen molar-refractivity contribution < 1.29 is 18.0 Å². The zero-order valence-electron chi connectivity index (χ0n) is 12.4. The number of hydrogen-bond donors (Lipinski definition) is 2. The number of benzene rings is 1. The van der Waals surface area contributed by atoms with Gasteiger partial charge in [-0.15, -0.1) is 0 Å². The number of alkyl halides is 3. The van der Waals surface area contributed by atoms with Crippen LogP contribution in [0.2, 0.25) is 0 Å². The SMILES string of the molecule is CC(C)CC(C)(CN)NC(=O)c1cccc(C(F)(F)F)c1. The normalized spacial score (nSPS) is 14.9. The Morgan fingerprint density at radius 1 is 1.33 bits per heavy atom. The second-order valence-corrected chi connectivity index (χ2v) is 5.90.